The molecule has 1 aromatic heterocycles. The number of phenols is 1. The van der Waals surface area contributed by atoms with E-state index in [4.69, 9.17) is 4.74 Å². The van der Waals surface area contributed by atoms with E-state index in [1.165, 1.54) is 32.3 Å². The standard InChI is InChI=1S/C23H24N2O5S2/c1-32(28,29)25-19-12-15(6-9-20(19)26)21(27)14-24-10-11-30-16-7-8-18-17-4-2-3-5-22(17)31-23(18)13-16/h2-9,12-13,21,24-27H,10-11,14H2,1H3/t21-/m0/s1. The summed E-state index contributed by atoms with van der Waals surface area (Å²) in [4.78, 5) is 0. The molecule has 0 amide bonds. The average molecular weight is 473 g/mol. The fourth-order valence-electron chi connectivity index (χ4n) is 3.44. The van der Waals surface area contributed by atoms with Gasteiger partial charge in [-0.2, -0.15) is 0 Å². The number of rotatable bonds is 9. The first kappa shape index (κ1) is 22.3. The molecule has 0 aliphatic carbocycles. The normalized spacial score (nSPS) is 12.8. The van der Waals surface area contributed by atoms with Crippen LogP contribution in [0.3, 0.4) is 0 Å². The van der Waals surface area contributed by atoms with Crippen molar-refractivity contribution < 1.29 is 23.4 Å². The quantitative estimate of drug-likeness (QED) is 0.218. The molecule has 0 fully saturated rings. The zero-order valence-corrected chi connectivity index (χ0v) is 19.0. The predicted octanol–water partition coefficient (Wildman–Crippen LogP) is 3.83. The smallest absolute Gasteiger partial charge is 0.229 e. The van der Waals surface area contributed by atoms with Gasteiger partial charge in [0.05, 0.1) is 18.0 Å². The van der Waals surface area contributed by atoms with Gasteiger partial charge in [0.25, 0.3) is 0 Å². The number of anilines is 1. The number of aromatic hydroxyl groups is 1. The minimum absolute atomic E-state index is 0.0315. The van der Waals surface area contributed by atoms with E-state index in [0.29, 0.717) is 18.7 Å². The second kappa shape index (κ2) is 9.33. The third-order valence-electron chi connectivity index (χ3n) is 4.94. The van der Waals surface area contributed by atoms with Gasteiger partial charge >= 0.3 is 0 Å². The molecule has 4 N–H and O–H groups in total. The van der Waals surface area contributed by atoms with Crippen LogP contribution in [0.1, 0.15) is 11.7 Å². The Balaban J connectivity index is 1.29. The molecule has 7 nitrogen and oxygen atoms in total. The van der Waals surface area contributed by atoms with Gasteiger partial charge in [-0.05, 0) is 42.0 Å². The molecule has 0 spiro atoms. The number of nitrogens with one attached hydrogen (secondary N) is 2. The number of benzene rings is 3. The van der Waals surface area contributed by atoms with Gasteiger partial charge in [-0.1, -0.05) is 24.3 Å². The molecule has 0 radical (unpaired) electrons. The Morgan fingerprint density at radius 2 is 1.81 bits per heavy atom. The topological polar surface area (TPSA) is 108 Å². The van der Waals surface area contributed by atoms with Crippen molar-refractivity contribution in [1.82, 2.24) is 5.32 Å². The molecule has 1 heterocycles. The lowest BCUT2D eigenvalue weighted by molar-refractivity contribution is 0.172. The van der Waals surface area contributed by atoms with Crippen molar-refractivity contribution in [3.8, 4) is 11.5 Å². The summed E-state index contributed by atoms with van der Waals surface area (Å²) in [6.07, 6.45) is 0.126. The highest BCUT2D eigenvalue weighted by molar-refractivity contribution is 7.92. The lowest BCUT2D eigenvalue weighted by atomic mass is 10.1. The number of sulfonamides is 1. The Morgan fingerprint density at radius 3 is 2.62 bits per heavy atom. The van der Waals surface area contributed by atoms with Gasteiger partial charge < -0.3 is 20.3 Å². The van der Waals surface area contributed by atoms with E-state index in [9.17, 15) is 18.6 Å². The van der Waals surface area contributed by atoms with E-state index < -0.39 is 16.1 Å². The first-order valence-electron chi connectivity index (χ1n) is 10.0. The molecule has 0 aliphatic heterocycles. The maximum Gasteiger partial charge on any atom is 0.229 e. The number of hydrogen-bond donors (Lipinski definition) is 4. The molecular formula is C23H24N2O5S2. The van der Waals surface area contributed by atoms with E-state index in [1.807, 2.05) is 24.3 Å². The minimum Gasteiger partial charge on any atom is -0.506 e. The molecule has 3 aromatic carbocycles. The van der Waals surface area contributed by atoms with Crippen LogP contribution in [0, 0.1) is 0 Å². The van der Waals surface area contributed by atoms with Crippen LogP contribution in [0.2, 0.25) is 0 Å². The molecule has 168 valence electrons. The highest BCUT2D eigenvalue weighted by atomic mass is 32.2. The first-order chi connectivity index (χ1) is 15.3. The zero-order chi connectivity index (χ0) is 22.7. The predicted molar refractivity (Wildman–Crippen MR) is 129 cm³/mol. The SMILES string of the molecule is CS(=O)(=O)Nc1cc([C@@H](O)CNCCOc2ccc3c(c2)sc2ccccc23)ccc1O. The number of thiophene rings is 1. The number of aliphatic hydroxyl groups excluding tert-OH is 1. The molecule has 0 aliphatic rings. The monoisotopic (exact) mass is 472 g/mol. The van der Waals surface area contributed by atoms with Crippen LogP contribution in [0.15, 0.2) is 60.7 Å². The van der Waals surface area contributed by atoms with Gasteiger partial charge in [-0.25, -0.2) is 8.42 Å². The maximum absolute atomic E-state index is 11.4. The zero-order valence-electron chi connectivity index (χ0n) is 17.4. The fourth-order valence-corrected chi connectivity index (χ4v) is 5.13. The lowest BCUT2D eigenvalue weighted by Crippen LogP contribution is -2.26. The van der Waals surface area contributed by atoms with Gasteiger partial charge in [0.2, 0.25) is 10.0 Å². The van der Waals surface area contributed by atoms with Crippen LogP contribution >= 0.6 is 11.3 Å². The number of phenolic OH excluding ortho intramolecular Hbond substituents is 1. The molecule has 32 heavy (non-hydrogen) atoms. The van der Waals surface area contributed by atoms with Crippen LogP contribution in [0.5, 0.6) is 11.5 Å². The van der Waals surface area contributed by atoms with Crippen LogP contribution < -0.4 is 14.8 Å². The number of hydrogen-bond acceptors (Lipinski definition) is 7. The summed E-state index contributed by atoms with van der Waals surface area (Å²) in [6.45, 7) is 1.20. The van der Waals surface area contributed by atoms with Gasteiger partial charge in [-0.15, -0.1) is 11.3 Å². The molecule has 0 saturated carbocycles. The summed E-state index contributed by atoms with van der Waals surface area (Å²) in [5.74, 6) is 0.588. The summed E-state index contributed by atoms with van der Waals surface area (Å²) in [5.41, 5.74) is 0.515. The van der Waals surface area contributed by atoms with Crippen molar-refractivity contribution in [2.45, 2.75) is 6.10 Å². The molecule has 9 heteroatoms. The molecular weight excluding hydrogens is 448 g/mol. The lowest BCUT2D eigenvalue weighted by Gasteiger charge is -2.15. The largest absolute Gasteiger partial charge is 0.506 e. The third-order valence-corrected chi connectivity index (χ3v) is 6.66. The van der Waals surface area contributed by atoms with E-state index in [0.717, 1.165) is 12.0 Å². The van der Waals surface area contributed by atoms with Gasteiger partial charge in [0.15, 0.2) is 0 Å². The summed E-state index contributed by atoms with van der Waals surface area (Å²) < 4.78 is 33.3. The van der Waals surface area contributed by atoms with Crippen LogP contribution in [-0.4, -0.2) is 44.6 Å². The Hall–Kier alpha value is -2.85. The van der Waals surface area contributed by atoms with Crippen molar-refractivity contribution in [3.63, 3.8) is 0 Å². The molecule has 0 saturated heterocycles. The maximum atomic E-state index is 11.4. The number of aliphatic hydroxyl groups is 1. The Morgan fingerprint density at radius 1 is 1.03 bits per heavy atom. The molecule has 4 rings (SSSR count). The van der Waals surface area contributed by atoms with Gasteiger partial charge in [-0.3, -0.25) is 4.72 Å². The van der Waals surface area contributed by atoms with E-state index in [2.05, 4.69) is 28.2 Å². The van der Waals surface area contributed by atoms with Crippen molar-refractivity contribution in [2.75, 3.05) is 30.7 Å². The Bertz CT molecular complexity index is 1350. The summed E-state index contributed by atoms with van der Waals surface area (Å²) in [7, 11) is -3.54. The summed E-state index contributed by atoms with van der Waals surface area (Å²) >= 11 is 1.74. The molecule has 0 bridgehead atoms. The van der Waals surface area contributed by atoms with Crippen molar-refractivity contribution >= 4 is 47.2 Å². The summed E-state index contributed by atoms with van der Waals surface area (Å²) in [6, 6.07) is 18.7. The van der Waals surface area contributed by atoms with Gasteiger partial charge in [0, 0.05) is 33.3 Å². The molecule has 0 unspecified atom stereocenters. The average Bonchev–Trinajstić information content (AvgIpc) is 3.11. The van der Waals surface area contributed by atoms with E-state index >= 15 is 0 Å². The van der Waals surface area contributed by atoms with Crippen LogP contribution in [0.25, 0.3) is 20.2 Å². The number of fused-ring (bicyclic) bond motifs is 3. The fraction of sp³-hybridized carbons (Fsp3) is 0.217. The Kier molecular flexibility index (Phi) is 6.52. The van der Waals surface area contributed by atoms with Gasteiger partial charge in [0.1, 0.15) is 18.1 Å². The highest BCUT2D eigenvalue weighted by Gasteiger charge is 2.13. The molecule has 4 aromatic rings. The molecule has 1 atom stereocenters. The van der Waals surface area contributed by atoms with Crippen molar-refractivity contribution in [1.29, 1.82) is 0 Å². The highest BCUT2D eigenvalue weighted by Crippen LogP contribution is 2.35. The first-order valence-corrected chi connectivity index (χ1v) is 12.7. The Labute approximate surface area is 190 Å². The number of ether oxygens (including phenoxy) is 1. The van der Waals surface area contributed by atoms with E-state index in [1.54, 1.807) is 17.4 Å². The van der Waals surface area contributed by atoms with E-state index in [-0.39, 0.29) is 18.0 Å². The van der Waals surface area contributed by atoms with Crippen molar-refractivity contribution in [3.05, 3.63) is 66.2 Å². The summed E-state index contributed by atoms with van der Waals surface area (Å²) in [5, 5.41) is 25.8. The van der Waals surface area contributed by atoms with Crippen molar-refractivity contribution in [2.24, 2.45) is 0 Å². The van der Waals surface area contributed by atoms with Crippen LogP contribution in [-0.2, 0) is 10.0 Å². The minimum atomic E-state index is -3.54. The van der Waals surface area contributed by atoms with Crippen LogP contribution in [0.4, 0.5) is 5.69 Å². The second-order valence-electron chi connectivity index (χ2n) is 7.48. The third kappa shape index (κ3) is 5.31. The second-order valence-corrected chi connectivity index (χ2v) is 10.3.